The fourth-order valence-electron chi connectivity index (χ4n) is 2.73. The third-order valence-electron chi connectivity index (χ3n) is 4.25. The van der Waals surface area contributed by atoms with Crippen molar-refractivity contribution in [1.29, 1.82) is 0 Å². The van der Waals surface area contributed by atoms with Crippen LogP contribution in [0.5, 0.6) is 5.88 Å². The second kappa shape index (κ2) is 5.97. The lowest BCUT2D eigenvalue weighted by Crippen LogP contribution is -2.36. The van der Waals surface area contributed by atoms with Crippen molar-refractivity contribution in [3.8, 4) is 11.8 Å². The molecule has 0 spiro atoms. The number of imidazole rings is 2. The quantitative estimate of drug-likeness (QED) is 0.234. The molecular formula is C16H14N9O3+. The Morgan fingerprint density at radius 3 is 2.86 bits per heavy atom. The first kappa shape index (κ1) is 16.1. The topological polar surface area (TPSA) is 161 Å². The highest BCUT2D eigenvalue weighted by Crippen LogP contribution is 2.22. The zero-order valence-electron chi connectivity index (χ0n) is 14.3. The molecule has 1 aliphatic carbocycles. The number of rotatable bonds is 4. The van der Waals surface area contributed by atoms with Gasteiger partial charge in [-0.2, -0.15) is 14.2 Å². The summed E-state index contributed by atoms with van der Waals surface area (Å²) in [6, 6.07) is 0.203. The normalized spacial score (nSPS) is 15.6. The Kier molecular flexibility index (Phi) is 3.44. The highest BCUT2D eigenvalue weighted by Gasteiger charge is 2.23. The Morgan fingerprint density at radius 2 is 2.18 bits per heavy atom. The van der Waals surface area contributed by atoms with E-state index < -0.39 is 5.69 Å². The van der Waals surface area contributed by atoms with Crippen molar-refractivity contribution < 1.29 is 14.5 Å². The molecule has 0 atom stereocenters. The molecule has 12 nitrogen and oxygen atoms in total. The van der Waals surface area contributed by atoms with Gasteiger partial charge >= 0.3 is 17.3 Å². The Balaban J connectivity index is 1.77. The number of nitrogens with zero attached hydrogens (tertiary/aromatic N) is 6. The number of nitrogens with one attached hydrogen (secondary N) is 3. The molecule has 140 valence electrons. The van der Waals surface area contributed by atoms with Crippen LogP contribution in [0.1, 0.15) is 29.0 Å². The van der Waals surface area contributed by atoms with Gasteiger partial charge in [0.05, 0.1) is 23.7 Å². The molecule has 4 aromatic rings. The molecule has 1 aliphatic rings. The summed E-state index contributed by atoms with van der Waals surface area (Å²) in [4.78, 5) is 43.4. The minimum Gasteiger partial charge on any atom is -0.493 e. The lowest BCUT2D eigenvalue weighted by molar-refractivity contribution is -0.602. The lowest BCUT2D eigenvalue weighted by Gasteiger charge is -1.94. The minimum absolute atomic E-state index is 0.203. The third-order valence-corrected chi connectivity index (χ3v) is 4.25. The predicted octanol–water partition coefficient (Wildman–Crippen LogP) is -2.13. The molecule has 0 unspecified atom stereocenters. The Bertz CT molecular complexity index is 1390. The van der Waals surface area contributed by atoms with Crippen molar-refractivity contribution in [2.45, 2.75) is 18.9 Å². The zero-order valence-corrected chi connectivity index (χ0v) is 14.3. The molecule has 0 amide bonds. The number of hydrogen-bond donors (Lipinski definition) is 4. The van der Waals surface area contributed by atoms with Crippen molar-refractivity contribution in [2.24, 2.45) is 4.99 Å². The van der Waals surface area contributed by atoms with Gasteiger partial charge in [0, 0.05) is 0 Å². The van der Waals surface area contributed by atoms with E-state index in [4.69, 9.17) is 0 Å². The van der Waals surface area contributed by atoms with Crippen molar-refractivity contribution in [3.63, 3.8) is 0 Å². The number of carbonyl (C=O) groups excluding carboxylic acids is 1. The van der Waals surface area contributed by atoms with Crippen LogP contribution in [0.4, 0.5) is 0 Å². The second-order valence-electron chi connectivity index (χ2n) is 6.39. The number of carbonyl (C=O) groups is 1. The van der Waals surface area contributed by atoms with E-state index in [0.717, 1.165) is 12.8 Å². The van der Waals surface area contributed by atoms with E-state index in [1.807, 2.05) is 0 Å². The van der Waals surface area contributed by atoms with E-state index in [-0.39, 0.29) is 17.6 Å². The summed E-state index contributed by atoms with van der Waals surface area (Å²) in [5, 5.41) is 14.7. The van der Waals surface area contributed by atoms with Crippen molar-refractivity contribution >= 4 is 18.0 Å². The smallest absolute Gasteiger partial charge is 0.394 e. The summed E-state index contributed by atoms with van der Waals surface area (Å²) in [5.74, 6) is 0.0235. The standard InChI is InChI=1S/C16H13N9O3/c26-6-10-5-24(7-17-10)14-21-12-8(3-11-13(27)22-16(28)20-11)4-18-25(12)15(23-14)19-9-1-2-9/h3-7,9H,1-2H2,(H3,18,19,20,21,22,23,27,28)/p+1. The lowest BCUT2D eigenvalue weighted by atomic mass is 10.3. The van der Waals surface area contributed by atoms with Crippen LogP contribution in [0.25, 0.3) is 17.7 Å². The van der Waals surface area contributed by atoms with Crippen molar-refractivity contribution in [3.05, 3.63) is 51.4 Å². The van der Waals surface area contributed by atoms with Gasteiger partial charge in [-0.25, -0.2) is 9.79 Å². The Hall–Kier alpha value is -4.09. The average molecular weight is 380 g/mol. The molecule has 0 saturated heterocycles. The van der Waals surface area contributed by atoms with E-state index in [1.165, 1.54) is 4.52 Å². The SMILES string of the molecule is O=Cc1c[n+](-c2nc(=NC3CC3)n3ncc(=Cc4[nH]c(=O)[nH]c4O)c3n2)c[nH]1. The molecular weight excluding hydrogens is 366 g/mol. The van der Waals surface area contributed by atoms with Gasteiger partial charge in [0.15, 0.2) is 18.3 Å². The van der Waals surface area contributed by atoms with Crippen LogP contribution in [0.15, 0.2) is 28.5 Å². The van der Waals surface area contributed by atoms with Gasteiger partial charge in [0.2, 0.25) is 11.5 Å². The van der Waals surface area contributed by atoms with Crippen LogP contribution in [0, 0.1) is 0 Å². The van der Waals surface area contributed by atoms with Gasteiger partial charge < -0.3 is 10.1 Å². The molecule has 4 N–H and O–H groups in total. The number of fused-ring (bicyclic) bond motifs is 1. The summed E-state index contributed by atoms with van der Waals surface area (Å²) in [5.41, 5.74) is 0.879. The number of aldehydes is 1. The van der Waals surface area contributed by atoms with Gasteiger partial charge in [-0.1, -0.05) is 9.97 Å². The number of aromatic hydroxyl groups is 1. The number of aromatic amines is 3. The summed E-state index contributed by atoms with van der Waals surface area (Å²) < 4.78 is 3.07. The first-order chi connectivity index (χ1) is 13.6. The van der Waals surface area contributed by atoms with Gasteiger partial charge in [0.25, 0.3) is 0 Å². The summed E-state index contributed by atoms with van der Waals surface area (Å²) in [6.45, 7) is 0. The molecule has 5 rings (SSSR count). The third kappa shape index (κ3) is 2.76. The predicted molar refractivity (Wildman–Crippen MR) is 92.5 cm³/mol. The van der Waals surface area contributed by atoms with E-state index in [1.54, 1.807) is 29.4 Å². The van der Waals surface area contributed by atoms with Crippen molar-refractivity contribution in [1.82, 2.24) is 34.5 Å². The number of H-pyrrole nitrogens is 3. The molecule has 1 saturated carbocycles. The molecule has 1 fully saturated rings. The largest absolute Gasteiger partial charge is 0.493 e. The Labute approximate surface area is 155 Å². The first-order valence-electron chi connectivity index (χ1n) is 8.48. The van der Waals surface area contributed by atoms with Gasteiger partial charge in [-0.05, 0) is 18.9 Å². The molecule has 0 radical (unpaired) electrons. The van der Waals surface area contributed by atoms with E-state index in [0.29, 0.717) is 34.4 Å². The fraction of sp³-hybridized carbons (Fsp3) is 0.188. The van der Waals surface area contributed by atoms with E-state index in [2.05, 4.69) is 35.0 Å². The maximum atomic E-state index is 11.4. The van der Waals surface area contributed by atoms with Gasteiger partial charge in [0.1, 0.15) is 5.69 Å². The number of aromatic nitrogens is 8. The zero-order chi connectivity index (χ0) is 19.3. The second-order valence-corrected chi connectivity index (χ2v) is 6.39. The molecule has 28 heavy (non-hydrogen) atoms. The van der Waals surface area contributed by atoms with Gasteiger partial charge in [-0.15, -0.1) is 0 Å². The van der Waals surface area contributed by atoms with Crippen LogP contribution in [-0.2, 0) is 0 Å². The summed E-state index contributed by atoms with van der Waals surface area (Å²) >= 11 is 0. The highest BCUT2D eigenvalue weighted by molar-refractivity contribution is 5.70. The summed E-state index contributed by atoms with van der Waals surface area (Å²) in [7, 11) is 0. The molecule has 12 heteroatoms. The number of hydrogen-bond acceptors (Lipinski definition) is 7. The minimum atomic E-state index is -0.524. The highest BCUT2D eigenvalue weighted by atomic mass is 16.3. The monoisotopic (exact) mass is 380 g/mol. The Morgan fingerprint density at radius 1 is 1.32 bits per heavy atom. The van der Waals surface area contributed by atoms with E-state index in [9.17, 15) is 14.7 Å². The molecule has 0 bridgehead atoms. The molecule has 0 aliphatic heterocycles. The van der Waals surface area contributed by atoms with Crippen LogP contribution in [-0.4, -0.2) is 52.0 Å². The maximum Gasteiger partial charge on any atom is 0.394 e. The van der Waals surface area contributed by atoms with Crippen LogP contribution < -0.4 is 21.1 Å². The summed E-state index contributed by atoms with van der Waals surface area (Å²) in [6.07, 6.45) is 8.89. The van der Waals surface area contributed by atoms with Crippen LogP contribution in [0.2, 0.25) is 0 Å². The molecule has 4 heterocycles. The van der Waals surface area contributed by atoms with Crippen LogP contribution in [0.3, 0.4) is 0 Å². The first-order valence-corrected chi connectivity index (χ1v) is 8.48. The molecule has 4 aromatic heterocycles. The van der Waals surface area contributed by atoms with Gasteiger partial charge in [-0.3, -0.25) is 14.8 Å². The van der Waals surface area contributed by atoms with Crippen LogP contribution >= 0.6 is 0 Å². The fourth-order valence-corrected chi connectivity index (χ4v) is 2.73. The van der Waals surface area contributed by atoms with E-state index >= 15 is 0 Å². The maximum absolute atomic E-state index is 11.4. The average Bonchev–Trinajstić information content (AvgIpc) is 3.08. The molecule has 0 aromatic carbocycles. The van der Waals surface area contributed by atoms with Crippen molar-refractivity contribution in [2.75, 3.05) is 0 Å².